The third kappa shape index (κ3) is 4.30. The lowest BCUT2D eigenvalue weighted by Gasteiger charge is -2.30. The number of morpholine rings is 1. The van der Waals surface area contributed by atoms with Crippen molar-refractivity contribution in [2.75, 3.05) is 46.5 Å². The lowest BCUT2D eigenvalue weighted by molar-refractivity contribution is -0.140. The number of benzene rings is 1. The smallest absolute Gasteiger partial charge is 0.295 e. The first kappa shape index (κ1) is 21.0. The Kier molecular flexibility index (Phi) is 6.29. The number of amides is 1. The molecule has 3 heterocycles. The van der Waals surface area contributed by atoms with Gasteiger partial charge in [0.05, 0.1) is 31.6 Å². The van der Waals surface area contributed by atoms with E-state index in [-0.39, 0.29) is 11.3 Å². The largest absolute Gasteiger partial charge is 0.507 e. The first-order chi connectivity index (χ1) is 15.1. The summed E-state index contributed by atoms with van der Waals surface area (Å²) in [6, 6.07) is 11.3. The molecule has 162 valence electrons. The van der Waals surface area contributed by atoms with Gasteiger partial charge in [0, 0.05) is 37.9 Å². The van der Waals surface area contributed by atoms with Crippen LogP contribution >= 0.6 is 0 Å². The number of methoxy groups -OCH3 is 1. The first-order valence-corrected chi connectivity index (χ1v) is 10.2. The maximum absolute atomic E-state index is 13.0. The molecule has 4 rings (SSSR count). The first-order valence-electron chi connectivity index (χ1n) is 10.2. The minimum atomic E-state index is -0.756. The zero-order chi connectivity index (χ0) is 21.8. The van der Waals surface area contributed by atoms with Gasteiger partial charge in [-0.2, -0.15) is 0 Å². The summed E-state index contributed by atoms with van der Waals surface area (Å²) in [7, 11) is 1.53. The molecule has 1 amide bonds. The number of rotatable bonds is 6. The molecule has 8 nitrogen and oxygen atoms in total. The molecule has 0 bridgehead atoms. The third-order valence-electron chi connectivity index (χ3n) is 5.61. The van der Waals surface area contributed by atoms with Crippen LogP contribution in [-0.4, -0.2) is 78.1 Å². The average Bonchev–Trinajstić information content (AvgIpc) is 3.08. The standard InChI is InChI=1S/C23H25N3O5/c1-30-17-6-4-5-16(15-17)21(27)19-20(18-7-2-3-8-24-18)26(23(29)22(19)28)10-9-25-11-13-31-14-12-25/h2-8,15,20,27H,9-14H2,1H3/t20-/m0/s1. The summed E-state index contributed by atoms with van der Waals surface area (Å²) in [5, 5.41) is 11.1. The molecule has 0 spiro atoms. The van der Waals surface area contributed by atoms with E-state index in [1.807, 2.05) is 0 Å². The number of ketones is 1. The van der Waals surface area contributed by atoms with Gasteiger partial charge in [-0.3, -0.25) is 19.5 Å². The Hall–Kier alpha value is -3.23. The number of Topliss-reactive ketones (excluding diaryl/α,β-unsaturated/α-hetero) is 1. The molecule has 2 aliphatic heterocycles. The van der Waals surface area contributed by atoms with Crippen LogP contribution in [0.5, 0.6) is 5.75 Å². The van der Waals surface area contributed by atoms with Crippen molar-refractivity contribution in [3.05, 3.63) is 65.5 Å². The minimum absolute atomic E-state index is 0.0407. The van der Waals surface area contributed by atoms with Gasteiger partial charge in [-0.05, 0) is 24.3 Å². The van der Waals surface area contributed by atoms with Crippen LogP contribution in [-0.2, 0) is 14.3 Å². The summed E-state index contributed by atoms with van der Waals surface area (Å²) in [6.45, 7) is 3.82. The number of nitrogens with zero attached hydrogens (tertiary/aromatic N) is 3. The molecule has 0 saturated carbocycles. The highest BCUT2D eigenvalue weighted by Crippen LogP contribution is 2.38. The summed E-state index contributed by atoms with van der Waals surface area (Å²) in [5.74, 6) is -1.03. The van der Waals surface area contributed by atoms with Gasteiger partial charge in [-0.1, -0.05) is 18.2 Å². The fraction of sp³-hybridized carbons (Fsp3) is 0.348. The Morgan fingerprint density at radius 1 is 1.16 bits per heavy atom. The summed E-state index contributed by atoms with van der Waals surface area (Å²) in [5.41, 5.74) is 0.985. The van der Waals surface area contributed by atoms with E-state index < -0.39 is 17.7 Å². The number of aromatic nitrogens is 1. The van der Waals surface area contributed by atoms with E-state index in [9.17, 15) is 14.7 Å². The molecule has 2 saturated heterocycles. The second-order valence-electron chi connectivity index (χ2n) is 7.43. The summed E-state index contributed by atoms with van der Waals surface area (Å²) < 4.78 is 10.6. The maximum atomic E-state index is 13.0. The van der Waals surface area contributed by atoms with Gasteiger partial charge >= 0.3 is 0 Å². The SMILES string of the molecule is COc1cccc(C(O)=C2C(=O)C(=O)N(CCN3CCOCC3)[C@H]2c2ccccn2)c1. The van der Waals surface area contributed by atoms with E-state index in [2.05, 4.69) is 9.88 Å². The highest BCUT2D eigenvalue weighted by Gasteiger charge is 2.46. The molecule has 2 fully saturated rings. The van der Waals surface area contributed by atoms with Crippen LogP contribution in [0.25, 0.3) is 5.76 Å². The fourth-order valence-electron chi connectivity index (χ4n) is 3.96. The number of aliphatic hydroxyl groups excluding tert-OH is 1. The summed E-state index contributed by atoms with van der Waals surface area (Å²) in [4.78, 5) is 34.1. The normalized spacial score (nSPS) is 21.5. The Morgan fingerprint density at radius 3 is 2.68 bits per heavy atom. The number of ether oxygens (including phenoxy) is 2. The monoisotopic (exact) mass is 423 g/mol. The molecular formula is C23H25N3O5. The van der Waals surface area contributed by atoms with Crippen molar-refractivity contribution >= 4 is 17.4 Å². The molecule has 2 aromatic rings. The molecule has 1 atom stereocenters. The highest BCUT2D eigenvalue weighted by molar-refractivity contribution is 6.46. The van der Waals surface area contributed by atoms with Crippen molar-refractivity contribution in [1.29, 1.82) is 0 Å². The van der Waals surface area contributed by atoms with Crippen molar-refractivity contribution in [2.24, 2.45) is 0 Å². The molecule has 0 aliphatic carbocycles. The van der Waals surface area contributed by atoms with Crippen molar-refractivity contribution in [3.63, 3.8) is 0 Å². The van der Waals surface area contributed by atoms with Gasteiger partial charge in [0.25, 0.3) is 11.7 Å². The van der Waals surface area contributed by atoms with E-state index in [0.29, 0.717) is 43.3 Å². The molecule has 31 heavy (non-hydrogen) atoms. The topological polar surface area (TPSA) is 92.2 Å². The van der Waals surface area contributed by atoms with Gasteiger partial charge in [-0.25, -0.2) is 0 Å². The van der Waals surface area contributed by atoms with Crippen molar-refractivity contribution in [1.82, 2.24) is 14.8 Å². The predicted molar refractivity (Wildman–Crippen MR) is 113 cm³/mol. The van der Waals surface area contributed by atoms with Crippen molar-refractivity contribution < 1.29 is 24.2 Å². The highest BCUT2D eigenvalue weighted by atomic mass is 16.5. The molecule has 0 unspecified atom stereocenters. The Morgan fingerprint density at radius 2 is 1.97 bits per heavy atom. The quantitative estimate of drug-likeness (QED) is 0.431. The second kappa shape index (κ2) is 9.28. The number of hydrogen-bond acceptors (Lipinski definition) is 7. The Balaban J connectivity index is 1.72. The number of carbonyl (C=O) groups is 2. The van der Waals surface area contributed by atoms with E-state index in [4.69, 9.17) is 9.47 Å². The fourth-order valence-corrected chi connectivity index (χ4v) is 3.96. The van der Waals surface area contributed by atoms with Crippen LogP contribution < -0.4 is 4.74 Å². The van der Waals surface area contributed by atoms with Gasteiger partial charge in [0.2, 0.25) is 0 Å². The third-order valence-corrected chi connectivity index (χ3v) is 5.61. The lowest BCUT2D eigenvalue weighted by atomic mass is 9.98. The minimum Gasteiger partial charge on any atom is -0.507 e. The summed E-state index contributed by atoms with van der Waals surface area (Å²) in [6.07, 6.45) is 1.61. The molecule has 0 radical (unpaired) electrons. The Bertz CT molecular complexity index is 986. The predicted octanol–water partition coefficient (Wildman–Crippen LogP) is 1.84. The summed E-state index contributed by atoms with van der Waals surface area (Å²) >= 11 is 0. The number of hydrogen-bond donors (Lipinski definition) is 1. The van der Waals surface area contributed by atoms with Crippen LogP contribution in [0.4, 0.5) is 0 Å². The van der Waals surface area contributed by atoms with Crippen LogP contribution in [0.2, 0.25) is 0 Å². The van der Waals surface area contributed by atoms with E-state index in [1.54, 1.807) is 48.7 Å². The maximum Gasteiger partial charge on any atom is 0.295 e. The van der Waals surface area contributed by atoms with E-state index in [0.717, 1.165) is 13.1 Å². The van der Waals surface area contributed by atoms with Crippen LogP contribution in [0.1, 0.15) is 17.3 Å². The lowest BCUT2D eigenvalue weighted by Crippen LogP contribution is -2.42. The molecule has 1 aromatic carbocycles. The molecular weight excluding hydrogens is 398 g/mol. The van der Waals surface area contributed by atoms with Crippen LogP contribution in [0.3, 0.4) is 0 Å². The molecule has 1 aromatic heterocycles. The van der Waals surface area contributed by atoms with Gasteiger partial charge in [-0.15, -0.1) is 0 Å². The Labute approximate surface area is 180 Å². The molecule has 2 aliphatic rings. The average molecular weight is 423 g/mol. The number of carbonyl (C=O) groups excluding carboxylic acids is 2. The number of pyridine rings is 1. The molecule has 8 heteroatoms. The van der Waals surface area contributed by atoms with Gasteiger partial charge < -0.3 is 19.5 Å². The van der Waals surface area contributed by atoms with Gasteiger partial charge in [0.1, 0.15) is 17.6 Å². The molecule has 1 N–H and O–H groups in total. The zero-order valence-corrected chi connectivity index (χ0v) is 17.4. The second-order valence-corrected chi connectivity index (χ2v) is 7.43. The zero-order valence-electron chi connectivity index (χ0n) is 17.4. The number of aliphatic hydroxyl groups is 1. The van der Waals surface area contributed by atoms with E-state index in [1.165, 1.54) is 12.0 Å². The van der Waals surface area contributed by atoms with Crippen LogP contribution in [0, 0.1) is 0 Å². The van der Waals surface area contributed by atoms with Gasteiger partial charge in [0.15, 0.2) is 0 Å². The van der Waals surface area contributed by atoms with E-state index >= 15 is 0 Å². The van der Waals surface area contributed by atoms with Crippen molar-refractivity contribution in [2.45, 2.75) is 6.04 Å². The van der Waals surface area contributed by atoms with Crippen molar-refractivity contribution in [3.8, 4) is 5.75 Å². The number of likely N-dealkylation sites (tertiary alicyclic amines) is 1. The van der Waals surface area contributed by atoms with Crippen LogP contribution in [0.15, 0.2) is 54.2 Å².